The lowest BCUT2D eigenvalue weighted by Gasteiger charge is -2.09. The molecular formula is C23H15F3N2O4. The summed E-state index contributed by atoms with van der Waals surface area (Å²) in [6.07, 6.45) is -4.57. The van der Waals surface area contributed by atoms with Gasteiger partial charge in [-0.25, -0.2) is 4.79 Å². The molecule has 0 saturated heterocycles. The van der Waals surface area contributed by atoms with E-state index in [4.69, 9.17) is 20.6 Å². The number of carbonyl (C=O) groups is 1. The van der Waals surface area contributed by atoms with Gasteiger partial charge in [0.1, 0.15) is 17.1 Å². The van der Waals surface area contributed by atoms with E-state index >= 15 is 0 Å². The lowest BCUT2D eigenvalue weighted by Crippen LogP contribution is -2.09. The third-order valence-electron chi connectivity index (χ3n) is 4.62. The van der Waals surface area contributed by atoms with E-state index in [-0.39, 0.29) is 28.0 Å². The van der Waals surface area contributed by atoms with Crippen molar-refractivity contribution in [3.05, 3.63) is 88.1 Å². The molecular weight excluding hydrogens is 425 g/mol. The highest BCUT2D eigenvalue weighted by molar-refractivity contribution is 5.93. The van der Waals surface area contributed by atoms with Crippen LogP contribution in [-0.2, 0) is 6.18 Å². The minimum Gasteiger partial charge on any atom is -0.456 e. The van der Waals surface area contributed by atoms with Crippen LogP contribution in [0, 0.1) is 0 Å². The summed E-state index contributed by atoms with van der Waals surface area (Å²) >= 11 is 0. The molecule has 32 heavy (non-hydrogen) atoms. The van der Waals surface area contributed by atoms with E-state index in [1.807, 2.05) is 0 Å². The first-order valence-electron chi connectivity index (χ1n) is 9.24. The second-order valence-corrected chi connectivity index (χ2v) is 6.99. The van der Waals surface area contributed by atoms with Crippen LogP contribution in [0.5, 0.6) is 5.75 Å². The molecule has 0 radical (unpaired) electrons. The Morgan fingerprint density at radius 2 is 1.53 bits per heavy atom. The molecule has 0 unspecified atom stereocenters. The Kier molecular flexibility index (Phi) is 5.09. The van der Waals surface area contributed by atoms with Crippen LogP contribution in [-0.4, -0.2) is 5.97 Å². The molecule has 6 nitrogen and oxygen atoms in total. The van der Waals surface area contributed by atoms with Crippen molar-refractivity contribution in [1.29, 1.82) is 0 Å². The van der Waals surface area contributed by atoms with Gasteiger partial charge in [-0.05, 0) is 60.7 Å². The maximum atomic E-state index is 12.9. The van der Waals surface area contributed by atoms with Crippen molar-refractivity contribution in [2.24, 2.45) is 0 Å². The minimum atomic E-state index is -4.57. The molecule has 0 spiro atoms. The molecule has 4 rings (SSSR count). The Balaban J connectivity index is 1.59. The number of hydrogen-bond acceptors (Lipinski definition) is 6. The van der Waals surface area contributed by atoms with Gasteiger partial charge in [-0.2, -0.15) is 13.2 Å². The van der Waals surface area contributed by atoms with Crippen LogP contribution in [0.2, 0.25) is 0 Å². The Bertz CT molecular complexity index is 1370. The lowest BCUT2D eigenvalue weighted by atomic mass is 10.1. The molecule has 1 aromatic heterocycles. The van der Waals surface area contributed by atoms with Crippen molar-refractivity contribution in [1.82, 2.24) is 0 Å². The van der Waals surface area contributed by atoms with Crippen LogP contribution < -0.4 is 21.6 Å². The van der Waals surface area contributed by atoms with Crippen molar-refractivity contribution >= 4 is 28.3 Å². The van der Waals surface area contributed by atoms with Crippen LogP contribution in [0.1, 0.15) is 15.9 Å². The maximum Gasteiger partial charge on any atom is 0.416 e. The number of hydrogen-bond donors (Lipinski definition) is 2. The zero-order valence-corrected chi connectivity index (χ0v) is 16.3. The van der Waals surface area contributed by atoms with Gasteiger partial charge in [-0.3, -0.25) is 4.79 Å². The fraction of sp³-hybridized carbons (Fsp3) is 0.0435. The smallest absolute Gasteiger partial charge is 0.416 e. The Morgan fingerprint density at radius 1 is 0.875 bits per heavy atom. The van der Waals surface area contributed by atoms with E-state index < -0.39 is 23.1 Å². The van der Waals surface area contributed by atoms with Gasteiger partial charge in [-0.1, -0.05) is 0 Å². The molecule has 9 heteroatoms. The molecule has 4 N–H and O–H groups in total. The first kappa shape index (κ1) is 21.0. The molecule has 0 fully saturated rings. The molecule has 0 saturated carbocycles. The Labute approximate surface area is 178 Å². The van der Waals surface area contributed by atoms with E-state index in [1.54, 1.807) is 12.1 Å². The summed E-state index contributed by atoms with van der Waals surface area (Å²) in [4.78, 5) is 24.6. The summed E-state index contributed by atoms with van der Waals surface area (Å²) in [5.74, 6) is -0.282. The summed E-state index contributed by atoms with van der Waals surface area (Å²) in [6, 6.07) is 14.3. The predicted molar refractivity (Wildman–Crippen MR) is 113 cm³/mol. The SMILES string of the molecule is Nc1cc(N)cc(C(=O)Oc2ccc(-c3cc(=O)c4cc(C(F)(F)F)ccc4o3)cc2)c1. The molecule has 162 valence electrons. The number of rotatable bonds is 3. The number of nitrogen functional groups attached to an aromatic ring is 2. The summed E-state index contributed by atoms with van der Waals surface area (Å²) in [6.45, 7) is 0. The van der Waals surface area contributed by atoms with Crippen molar-refractivity contribution < 1.29 is 27.1 Å². The standard InChI is InChI=1S/C23H15F3N2O4/c24-23(25,26)14-3-6-20-18(9-14)19(29)11-21(32-20)12-1-4-17(5-2-12)31-22(30)13-7-15(27)10-16(28)8-13/h1-11H,27-28H2. The summed E-state index contributed by atoms with van der Waals surface area (Å²) < 4.78 is 49.6. The zero-order valence-electron chi connectivity index (χ0n) is 16.3. The summed E-state index contributed by atoms with van der Waals surface area (Å²) in [5, 5.41) is -0.171. The van der Waals surface area contributed by atoms with Crippen LogP contribution in [0.15, 0.2) is 75.9 Å². The van der Waals surface area contributed by atoms with Crippen molar-refractivity contribution in [2.45, 2.75) is 6.18 Å². The monoisotopic (exact) mass is 440 g/mol. The van der Waals surface area contributed by atoms with Gasteiger partial charge in [0.15, 0.2) is 5.43 Å². The van der Waals surface area contributed by atoms with Crippen LogP contribution in [0.3, 0.4) is 0 Å². The minimum absolute atomic E-state index is 0.0234. The van der Waals surface area contributed by atoms with E-state index in [0.29, 0.717) is 16.9 Å². The third kappa shape index (κ3) is 4.27. The molecule has 0 atom stereocenters. The average molecular weight is 440 g/mol. The second-order valence-electron chi connectivity index (χ2n) is 6.99. The van der Waals surface area contributed by atoms with E-state index in [2.05, 4.69) is 0 Å². The number of fused-ring (bicyclic) bond motifs is 1. The zero-order chi connectivity index (χ0) is 23.0. The van der Waals surface area contributed by atoms with Crippen molar-refractivity contribution in [3.63, 3.8) is 0 Å². The van der Waals surface area contributed by atoms with Gasteiger partial charge < -0.3 is 20.6 Å². The van der Waals surface area contributed by atoms with Gasteiger partial charge in [-0.15, -0.1) is 0 Å². The van der Waals surface area contributed by atoms with Crippen molar-refractivity contribution in [2.75, 3.05) is 11.5 Å². The number of anilines is 2. The first-order valence-corrected chi connectivity index (χ1v) is 9.24. The van der Waals surface area contributed by atoms with Crippen LogP contribution in [0.25, 0.3) is 22.3 Å². The molecule has 0 aliphatic rings. The quantitative estimate of drug-likeness (QED) is 0.268. The maximum absolute atomic E-state index is 12.9. The number of nitrogens with two attached hydrogens (primary N) is 2. The number of esters is 1. The second kappa shape index (κ2) is 7.77. The highest BCUT2D eigenvalue weighted by atomic mass is 19.4. The van der Waals surface area contributed by atoms with Crippen molar-refractivity contribution in [3.8, 4) is 17.1 Å². The molecule has 3 aromatic carbocycles. The molecule has 0 bridgehead atoms. The molecule has 0 aliphatic carbocycles. The fourth-order valence-electron chi connectivity index (χ4n) is 3.12. The van der Waals surface area contributed by atoms with Gasteiger partial charge in [0.05, 0.1) is 16.5 Å². The first-order chi connectivity index (χ1) is 15.1. The van der Waals surface area contributed by atoms with Gasteiger partial charge in [0.25, 0.3) is 0 Å². The summed E-state index contributed by atoms with van der Waals surface area (Å²) in [7, 11) is 0. The number of alkyl halides is 3. The van der Waals surface area contributed by atoms with Crippen LogP contribution >= 0.6 is 0 Å². The largest absolute Gasteiger partial charge is 0.456 e. The molecule has 0 amide bonds. The highest BCUT2D eigenvalue weighted by Gasteiger charge is 2.30. The lowest BCUT2D eigenvalue weighted by molar-refractivity contribution is -0.137. The van der Waals surface area contributed by atoms with E-state index in [0.717, 1.165) is 24.3 Å². The molecule has 4 aromatic rings. The van der Waals surface area contributed by atoms with E-state index in [9.17, 15) is 22.8 Å². The van der Waals surface area contributed by atoms with Gasteiger partial charge >= 0.3 is 12.1 Å². The predicted octanol–water partition coefficient (Wildman–Crippen LogP) is 4.86. The topological polar surface area (TPSA) is 109 Å². The number of ether oxygens (including phenoxy) is 1. The average Bonchev–Trinajstić information content (AvgIpc) is 2.72. The molecule has 0 aliphatic heterocycles. The summed E-state index contributed by atoms with van der Waals surface area (Å²) in [5.41, 5.74) is 11.1. The van der Waals surface area contributed by atoms with Gasteiger partial charge in [0.2, 0.25) is 0 Å². The van der Waals surface area contributed by atoms with Crippen LogP contribution in [0.4, 0.5) is 24.5 Å². The number of benzene rings is 3. The van der Waals surface area contributed by atoms with E-state index in [1.165, 1.54) is 30.3 Å². The number of halogens is 3. The Hall–Kier alpha value is -4.27. The molecule has 1 heterocycles. The number of carbonyl (C=O) groups excluding carboxylic acids is 1. The fourth-order valence-corrected chi connectivity index (χ4v) is 3.12. The Morgan fingerprint density at radius 3 is 2.16 bits per heavy atom. The normalized spacial score (nSPS) is 11.5. The van der Waals surface area contributed by atoms with Gasteiger partial charge in [0, 0.05) is 23.0 Å². The third-order valence-corrected chi connectivity index (χ3v) is 4.62. The highest BCUT2D eigenvalue weighted by Crippen LogP contribution is 2.32.